The zero-order valence-electron chi connectivity index (χ0n) is 19.3. The molecule has 5 nitrogen and oxygen atoms in total. The Labute approximate surface area is 184 Å². The Hall–Kier alpha value is -1.14. The molecule has 0 unspecified atom stereocenters. The molecule has 1 N–H and O–H groups in total. The molecule has 2 fully saturated rings. The van der Waals surface area contributed by atoms with E-state index in [1.165, 1.54) is 76.6 Å². The van der Waals surface area contributed by atoms with E-state index in [2.05, 4.69) is 40.9 Å². The molecule has 0 bridgehead atoms. The predicted octanol–water partition coefficient (Wildman–Crippen LogP) is 3.61. The van der Waals surface area contributed by atoms with Crippen LogP contribution in [0.3, 0.4) is 0 Å². The van der Waals surface area contributed by atoms with Crippen LogP contribution >= 0.6 is 0 Å². The van der Waals surface area contributed by atoms with Crippen molar-refractivity contribution < 1.29 is 9.84 Å². The summed E-state index contributed by atoms with van der Waals surface area (Å²) < 4.78 is 6.06. The van der Waals surface area contributed by atoms with E-state index >= 15 is 0 Å². The van der Waals surface area contributed by atoms with Gasteiger partial charge in [0, 0.05) is 24.7 Å². The van der Waals surface area contributed by atoms with Gasteiger partial charge < -0.3 is 24.5 Å². The van der Waals surface area contributed by atoms with E-state index in [0.717, 1.165) is 18.8 Å². The summed E-state index contributed by atoms with van der Waals surface area (Å²) in [6.07, 6.45) is 10.0. The van der Waals surface area contributed by atoms with E-state index in [1.54, 1.807) is 0 Å². The van der Waals surface area contributed by atoms with Crippen molar-refractivity contribution in [2.24, 2.45) is 0 Å². The van der Waals surface area contributed by atoms with Crippen molar-refractivity contribution in [1.82, 2.24) is 14.7 Å². The van der Waals surface area contributed by atoms with Crippen LogP contribution in [0.5, 0.6) is 5.75 Å². The van der Waals surface area contributed by atoms with Crippen molar-refractivity contribution in [3.8, 4) is 5.75 Å². The van der Waals surface area contributed by atoms with Crippen LogP contribution in [0.4, 0.5) is 0 Å². The quantitative estimate of drug-likeness (QED) is 0.563. The Morgan fingerprint density at radius 3 is 2.57 bits per heavy atom. The largest absolute Gasteiger partial charge is 0.491 e. The fourth-order valence-electron chi connectivity index (χ4n) is 4.96. The van der Waals surface area contributed by atoms with Crippen LogP contribution in [0.15, 0.2) is 24.3 Å². The van der Waals surface area contributed by atoms with Crippen LogP contribution in [0.25, 0.3) is 0 Å². The van der Waals surface area contributed by atoms with Gasteiger partial charge in [-0.15, -0.1) is 0 Å². The molecule has 1 saturated carbocycles. The van der Waals surface area contributed by atoms with Crippen molar-refractivity contribution in [3.05, 3.63) is 29.8 Å². The van der Waals surface area contributed by atoms with Crippen molar-refractivity contribution in [3.63, 3.8) is 0 Å². The highest BCUT2D eigenvalue weighted by Crippen LogP contribution is 2.22. The van der Waals surface area contributed by atoms with Gasteiger partial charge in [-0.3, -0.25) is 0 Å². The topological polar surface area (TPSA) is 39.2 Å². The summed E-state index contributed by atoms with van der Waals surface area (Å²) >= 11 is 0. The first kappa shape index (κ1) is 23.5. The number of nitrogens with zero attached hydrogens (tertiary/aromatic N) is 3. The Bertz CT molecular complexity index is 600. The van der Waals surface area contributed by atoms with E-state index in [0.29, 0.717) is 19.2 Å². The molecule has 1 aromatic carbocycles. The van der Waals surface area contributed by atoms with E-state index in [1.807, 2.05) is 12.1 Å². The molecule has 1 aromatic rings. The second-order valence-electron chi connectivity index (χ2n) is 9.44. The second-order valence-corrected chi connectivity index (χ2v) is 9.44. The molecule has 0 spiro atoms. The summed E-state index contributed by atoms with van der Waals surface area (Å²) in [7, 11) is 4.33. The van der Waals surface area contributed by atoms with Gasteiger partial charge >= 0.3 is 0 Å². The smallest absolute Gasteiger partial charge is 0.123 e. The van der Waals surface area contributed by atoms with Crippen molar-refractivity contribution in [2.45, 2.75) is 70.1 Å². The Morgan fingerprint density at radius 1 is 1.07 bits per heavy atom. The molecule has 1 aliphatic carbocycles. The van der Waals surface area contributed by atoms with Crippen LogP contribution < -0.4 is 4.74 Å². The number of aliphatic hydroxyl groups excluding tert-OH is 1. The monoisotopic (exact) mass is 417 g/mol. The van der Waals surface area contributed by atoms with Crippen molar-refractivity contribution in [1.29, 1.82) is 0 Å². The number of aliphatic hydroxyl groups is 1. The van der Waals surface area contributed by atoms with Gasteiger partial charge in [0.05, 0.1) is 0 Å². The minimum absolute atomic E-state index is 0.354. The molecule has 1 saturated heterocycles. The van der Waals surface area contributed by atoms with Gasteiger partial charge in [-0.25, -0.2) is 0 Å². The lowest BCUT2D eigenvalue weighted by molar-refractivity contribution is 0.0557. The molecule has 0 radical (unpaired) electrons. The minimum Gasteiger partial charge on any atom is -0.491 e. The lowest BCUT2D eigenvalue weighted by atomic mass is 9.94. The van der Waals surface area contributed by atoms with Crippen LogP contribution in [0, 0.1) is 0 Å². The first-order valence-electron chi connectivity index (χ1n) is 12.1. The van der Waals surface area contributed by atoms with Crippen LogP contribution in [-0.2, 0) is 6.54 Å². The first-order valence-corrected chi connectivity index (χ1v) is 12.1. The maximum Gasteiger partial charge on any atom is 0.123 e. The third-order valence-corrected chi connectivity index (χ3v) is 6.75. The van der Waals surface area contributed by atoms with E-state index in [9.17, 15) is 5.11 Å². The second kappa shape index (κ2) is 12.7. The molecule has 1 heterocycles. The molecule has 2 aliphatic rings. The van der Waals surface area contributed by atoms with E-state index in [4.69, 9.17) is 4.74 Å². The number of likely N-dealkylation sites (tertiary alicyclic amines) is 1. The maximum absolute atomic E-state index is 10.5. The molecular weight excluding hydrogens is 374 g/mol. The SMILES string of the molecule is CN(CCCN1CCCC1)Cc1ccccc1OC[C@@H](O)CN(C)C1CCCCC1. The van der Waals surface area contributed by atoms with Crippen LogP contribution in [-0.4, -0.2) is 85.4 Å². The maximum atomic E-state index is 10.5. The minimum atomic E-state index is -0.455. The highest BCUT2D eigenvalue weighted by molar-refractivity contribution is 5.33. The van der Waals surface area contributed by atoms with Crippen LogP contribution in [0.2, 0.25) is 0 Å². The van der Waals surface area contributed by atoms with Gasteiger partial charge in [-0.2, -0.15) is 0 Å². The molecule has 1 atom stereocenters. The molecule has 0 amide bonds. The fourth-order valence-corrected chi connectivity index (χ4v) is 4.96. The predicted molar refractivity (Wildman–Crippen MR) is 124 cm³/mol. The van der Waals surface area contributed by atoms with Gasteiger partial charge in [0.15, 0.2) is 0 Å². The van der Waals surface area contributed by atoms with E-state index in [-0.39, 0.29) is 0 Å². The Balaban J connectivity index is 1.40. The zero-order valence-corrected chi connectivity index (χ0v) is 19.3. The number of hydrogen-bond donors (Lipinski definition) is 1. The summed E-state index contributed by atoms with van der Waals surface area (Å²) in [5.41, 5.74) is 1.20. The molecule has 30 heavy (non-hydrogen) atoms. The van der Waals surface area contributed by atoms with Crippen molar-refractivity contribution >= 4 is 0 Å². The van der Waals surface area contributed by atoms with E-state index < -0.39 is 6.10 Å². The number of ether oxygens (including phenoxy) is 1. The highest BCUT2D eigenvalue weighted by Gasteiger charge is 2.20. The number of benzene rings is 1. The summed E-state index contributed by atoms with van der Waals surface area (Å²) in [5, 5.41) is 10.5. The van der Waals surface area contributed by atoms with Gasteiger partial charge in [0.25, 0.3) is 0 Å². The number of para-hydroxylation sites is 1. The van der Waals surface area contributed by atoms with Crippen LogP contribution in [0.1, 0.15) is 56.9 Å². The average Bonchev–Trinajstić information content (AvgIpc) is 3.27. The van der Waals surface area contributed by atoms with Gasteiger partial charge in [-0.1, -0.05) is 37.5 Å². The molecular formula is C25H43N3O2. The van der Waals surface area contributed by atoms with Crippen molar-refractivity contribution in [2.75, 3.05) is 53.4 Å². The Morgan fingerprint density at radius 2 is 1.80 bits per heavy atom. The zero-order chi connectivity index (χ0) is 21.2. The van der Waals surface area contributed by atoms with Gasteiger partial charge in [0.2, 0.25) is 0 Å². The number of hydrogen-bond acceptors (Lipinski definition) is 5. The summed E-state index contributed by atoms with van der Waals surface area (Å²) in [6.45, 7) is 6.78. The first-order chi connectivity index (χ1) is 14.6. The van der Waals surface area contributed by atoms with Gasteiger partial charge in [-0.05, 0) is 78.4 Å². The Kier molecular flexibility index (Phi) is 9.92. The molecule has 3 rings (SSSR count). The number of likely N-dealkylation sites (N-methyl/N-ethyl adjacent to an activating group) is 1. The molecule has 170 valence electrons. The molecule has 1 aliphatic heterocycles. The number of rotatable bonds is 12. The average molecular weight is 418 g/mol. The lowest BCUT2D eigenvalue weighted by Gasteiger charge is -2.32. The standard InChI is InChI=1S/C25H43N3O2/c1-26(15-10-18-28-16-8-9-17-28)19-22-11-6-7-14-25(22)30-21-24(29)20-27(2)23-12-4-3-5-13-23/h6-7,11,14,23-24,29H,3-5,8-10,12-13,15-21H2,1-2H3/t24-/m0/s1. The summed E-state index contributed by atoms with van der Waals surface area (Å²) in [6, 6.07) is 8.90. The summed E-state index contributed by atoms with van der Waals surface area (Å²) in [4.78, 5) is 7.29. The normalized spacial score (nSPS) is 19.6. The summed E-state index contributed by atoms with van der Waals surface area (Å²) in [5.74, 6) is 0.906. The molecule has 5 heteroatoms. The third-order valence-electron chi connectivity index (χ3n) is 6.75. The van der Waals surface area contributed by atoms with Gasteiger partial charge in [0.1, 0.15) is 18.5 Å². The third kappa shape index (κ3) is 7.84. The molecule has 0 aromatic heterocycles. The fraction of sp³-hybridized carbons (Fsp3) is 0.760. The highest BCUT2D eigenvalue weighted by atomic mass is 16.5. The lowest BCUT2D eigenvalue weighted by Crippen LogP contribution is -2.40.